The molecule has 0 aliphatic rings. The van der Waals surface area contributed by atoms with E-state index < -0.39 is 0 Å². The number of hydrogen-bond donors (Lipinski definition) is 0. The Hall–Kier alpha value is 0.0900. The van der Waals surface area contributed by atoms with Crippen LogP contribution in [0.1, 0.15) is 6.42 Å². The topological polar surface area (TPSA) is 0 Å². The van der Waals surface area contributed by atoms with Crippen molar-refractivity contribution in [2.24, 2.45) is 0 Å². The average Bonchev–Trinajstić information content (AvgIpc) is 1.61. The van der Waals surface area contributed by atoms with E-state index in [1.165, 1.54) is 0 Å². The van der Waals surface area contributed by atoms with E-state index in [0.717, 1.165) is 12.2 Å². The first kappa shape index (κ1) is 6.09. The molecule has 0 saturated carbocycles. The molecule has 0 saturated heterocycles. The van der Waals surface area contributed by atoms with Gasteiger partial charge < -0.3 is 0 Å². The summed E-state index contributed by atoms with van der Waals surface area (Å²) in [5.74, 6) is 0.718. The highest BCUT2D eigenvalue weighted by atomic mass is 32.1. The molecule has 0 aliphatic carbocycles. The van der Waals surface area contributed by atoms with Crippen molar-refractivity contribution >= 4 is 12.6 Å². The van der Waals surface area contributed by atoms with Gasteiger partial charge in [-0.3, -0.25) is 0 Å². The first-order valence-corrected chi connectivity index (χ1v) is 2.52. The first-order chi connectivity index (χ1) is 2.91. The molecule has 0 atom stereocenters. The zero-order valence-corrected chi connectivity index (χ0v) is 4.50. The molecule has 0 bridgehead atoms. The Labute approximate surface area is 44.7 Å². The molecule has 0 unspecified atom stereocenters. The van der Waals surface area contributed by atoms with Crippen molar-refractivity contribution in [2.45, 2.75) is 6.42 Å². The highest BCUT2D eigenvalue weighted by Gasteiger charge is 1.61. The van der Waals surface area contributed by atoms with Gasteiger partial charge in [0, 0.05) is 5.75 Å². The molecule has 0 aromatic rings. The molecule has 0 aromatic heterocycles. The fourth-order valence-electron chi connectivity index (χ4n) is 0.186. The van der Waals surface area contributed by atoms with Gasteiger partial charge in [0.05, 0.1) is 0 Å². The summed E-state index contributed by atoms with van der Waals surface area (Å²) in [6.45, 7) is 3.59. The van der Waals surface area contributed by atoms with E-state index >= 15 is 0 Å². The quantitative estimate of drug-likeness (QED) is 0.465. The van der Waals surface area contributed by atoms with Crippen molar-refractivity contribution in [3.05, 3.63) is 19.1 Å². The van der Waals surface area contributed by atoms with Crippen LogP contribution in [0.5, 0.6) is 0 Å². The molecule has 0 aliphatic heterocycles. The van der Waals surface area contributed by atoms with Gasteiger partial charge in [0.25, 0.3) is 0 Å². The Morgan fingerprint density at radius 1 is 1.50 bits per heavy atom. The third-order valence-electron chi connectivity index (χ3n) is 0.430. The van der Waals surface area contributed by atoms with Crippen LogP contribution in [-0.4, -0.2) is 5.75 Å². The van der Waals surface area contributed by atoms with E-state index in [4.69, 9.17) is 0 Å². The molecule has 1 heteroatoms. The number of rotatable bonds is 2. The van der Waals surface area contributed by atoms with Crippen LogP contribution in [-0.2, 0) is 0 Å². The number of allylic oxidation sites excluding steroid dienone is 1. The molecule has 0 spiro atoms. The lowest BCUT2D eigenvalue weighted by atomic mass is 10.4. The van der Waals surface area contributed by atoms with Gasteiger partial charge in [0.15, 0.2) is 0 Å². The van der Waals surface area contributed by atoms with Crippen molar-refractivity contribution in [1.82, 2.24) is 0 Å². The Morgan fingerprint density at radius 3 is 2.33 bits per heavy atom. The molecule has 2 radical (unpaired) electrons. The van der Waals surface area contributed by atoms with Crippen molar-refractivity contribution in [2.75, 3.05) is 5.75 Å². The van der Waals surface area contributed by atoms with Gasteiger partial charge in [-0.15, -0.1) is 0 Å². The van der Waals surface area contributed by atoms with Crippen LogP contribution >= 0.6 is 12.6 Å². The molecule has 0 nitrogen and oxygen atoms in total. The van der Waals surface area contributed by atoms with Crippen LogP contribution < -0.4 is 0 Å². The molecule has 0 heterocycles. The molecule has 0 N–H and O–H groups in total. The van der Waals surface area contributed by atoms with Crippen molar-refractivity contribution < 1.29 is 0 Å². The molecule has 0 rings (SSSR count). The Kier molecular flexibility index (Phi) is 5.17. The Morgan fingerprint density at radius 2 is 2.17 bits per heavy atom. The van der Waals surface area contributed by atoms with Crippen LogP contribution in [0, 0.1) is 6.92 Å². The van der Waals surface area contributed by atoms with Crippen LogP contribution in [0.15, 0.2) is 12.2 Å². The predicted octanol–water partition coefficient (Wildman–Crippen LogP) is 1.96. The largest absolute Gasteiger partial charge is 0.0897 e. The van der Waals surface area contributed by atoms with E-state index in [9.17, 15) is 0 Å². The minimum Gasteiger partial charge on any atom is -0.0897 e. The summed E-state index contributed by atoms with van der Waals surface area (Å²) in [6.07, 6.45) is 4.76. The first-order valence-electron chi connectivity index (χ1n) is 1.94. The van der Waals surface area contributed by atoms with Gasteiger partial charge in [-0.05, 0) is 13.3 Å². The van der Waals surface area contributed by atoms with Crippen LogP contribution in [0.25, 0.3) is 0 Å². The monoisotopic (exact) mass is 100 g/mol. The van der Waals surface area contributed by atoms with E-state index in [0.29, 0.717) is 0 Å². The normalized spacial score (nSPS) is 10.3. The van der Waals surface area contributed by atoms with Gasteiger partial charge in [-0.25, -0.2) is 0 Å². The lowest BCUT2D eigenvalue weighted by Crippen LogP contribution is -1.56. The molecule has 0 amide bonds. The lowest BCUT2D eigenvalue weighted by molar-refractivity contribution is 1.39. The van der Waals surface area contributed by atoms with Gasteiger partial charge in [-0.2, -0.15) is 0 Å². The van der Waals surface area contributed by atoms with E-state index in [-0.39, 0.29) is 0 Å². The summed E-state index contributed by atoms with van der Waals surface area (Å²) in [4.78, 5) is 0. The maximum Gasteiger partial charge on any atom is 0.0217 e. The maximum atomic E-state index is 4.60. The lowest BCUT2D eigenvalue weighted by Gasteiger charge is -1.71. The molecular formula is C5H8S. The van der Waals surface area contributed by atoms with E-state index in [1.54, 1.807) is 0 Å². The zero-order chi connectivity index (χ0) is 4.83. The SMILES string of the molecule is [CH2]CC=CC[S]. The van der Waals surface area contributed by atoms with Gasteiger partial charge in [0.2, 0.25) is 0 Å². The summed E-state index contributed by atoms with van der Waals surface area (Å²) in [7, 11) is 0. The minimum absolute atomic E-state index is 0.718. The average molecular weight is 100 g/mol. The highest BCUT2D eigenvalue weighted by Crippen LogP contribution is 1.79. The smallest absolute Gasteiger partial charge is 0.0217 e. The molecular weight excluding hydrogens is 92.1 g/mol. The third-order valence-corrected chi connectivity index (χ3v) is 0.622. The summed E-state index contributed by atoms with van der Waals surface area (Å²) < 4.78 is 0. The van der Waals surface area contributed by atoms with Crippen LogP contribution in [0.4, 0.5) is 0 Å². The van der Waals surface area contributed by atoms with Crippen molar-refractivity contribution in [3.63, 3.8) is 0 Å². The molecule has 0 aromatic carbocycles. The zero-order valence-electron chi connectivity index (χ0n) is 3.68. The van der Waals surface area contributed by atoms with E-state index in [2.05, 4.69) is 19.6 Å². The second-order valence-electron chi connectivity index (χ2n) is 0.927. The third kappa shape index (κ3) is 4.09. The minimum atomic E-state index is 0.718. The fourth-order valence-corrected chi connectivity index (χ4v) is 0.322. The molecule has 6 heavy (non-hydrogen) atoms. The predicted molar refractivity (Wildman–Crippen MR) is 31.6 cm³/mol. The van der Waals surface area contributed by atoms with Crippen LogP contribution in [0.3, 0.4) is 0 Å². The van der Waals surface area contributed by atoms with Crippen molar-refractivity contribution in [1.29, 1.82) is 0 Å². The van der Waals surface area contributed by atoms with Gasteiger partial charge in [0.1, 0.15) is 0 Å². The Bertz CT molecular complexity index is 33.2. The van der Waals surface area contributed by atoms with Gasteiger partial charge >= 0.3 is 0 Å². The summed E-state index contributed by atoms with van der Waals surface area (Å²) in [5.41, 5.74) is 0. The van der Waals surface area contributed by atoms with Gasteiger partial charge in [-0.1, -0.05) is 24.8 Å². The van der Waals surface area contributed by atoms with Crippen molar-refractivity contribution in [3.8, 4) is 0 Å². The molecule has 34 valence electrons. The maximum absolute atomic E-state index is 4.60. The summed E-state index contributed by atoms with van der Waals surface area (Å²) in [5, 5.41) is 0. The highest BCUT2D eigenvalue weighted by molar-refractivity contribution is 7.80. The summed E-state index contributed by atoms with van der Waals surface area (Å²) >= 11 is 4.60. The van der Waals surface area contributed by atoms with E-state index in [1.807, 2.05) is 12.2 Å². The standard InChI is InChI=1S/C5H8S/c1-2-3-4-5-6/h3-4H,1-2,5H2. The second kappa shape index (κ2) is 5.09. The Balaban J connectivity index is 2.73. The molecule has 0 fully saturated rings. The number of hydrogen-bond acceptors (Lipinski definition) is 0. The van der Waals surface area contributed by atoms with Crippen LogP contribution in [0.2, 0.25) is 0 Å². The second-order valence-corrected chi connectivity index (χ2v) is 1.26. The summed E-state index contributed by atoms with van der Waals surface area (Å²) in [6, 6.07) is 0. The fraction of sp³-hybridized carbons (Fsp3) is 0.400.